The summed E-state index contributed by atoms with van der Waals surface area (Å²) in [5.41, 5.74) is 7.73. The Balaban J connectivity index is 1.59. The van der Waals surface area contributed by atoms with E-state index < -0.39 is 0 Å². The molecule has 4 bridgehead atoms. The Hall–Kier alpha value is -0.410. The number of aromatic nitrogens is 1. The molecule has 0 saturated heterocycles. The molecular formula is C16H24N2S. The zero-order chi connectivity index (χ0) is 13.1. The highest BCUT2D eigenvalue weighted by Gasteiger charge is 2.57. The summed E-state index contributed by atoms with van der Waals surface area (Å²) in [7, 11) is 0. The van der Waals surface area contributed by atoms with E-state index in [1.54, 1.807) is 11.3 Å². The summed E-state index contributed by atoms with van der Waals surface area (Å²) in [5.74, 6) is 1.93. The molecule has 3 unspecified atom stereocenters. The average Bonchev–Trinajstić information content (AvgIpc) is 2.78. The van der Waals surface area contributed by atoms with Crippen LogP contribution in [0.1, 0.15) is 50.5 Å². The standard InChI is InChI=1S/C16H24N2S/c1-15-6-11-4-12(7-15)9-16(8-11,10-15)13(17)5-14-18-2-3-19-14/h2-3,11-13H,4-10,17H2,1H3. The molecular weight excluding hydrogens is 252 g/mol. The number of rotatable bonds is 3. The van der Waals surface area contributed by atoms with Crippen molar-refractivity contribution in [3.8, 4) is 0 Å². The fraction of sp³-hybridized carbons (Fsp3) is 0.812. The molecule has 4 fully saturated rings. The van der Waals surface area contributed by atoms with E-state index in [9.17, 15) is 0 Å². The van der Waals surface area contributed by atoms with Crippen molar-refractivity contribution in [1.29, 1.82) is 0 Å². The van der Waals surface area contributed by atoms with Gasteiger partial charge in [0.2, 0.25) is 0 Å². The minimum absolute atomic E-state index is 0.323. The van der Waals surface area contributed by atoms with Gasteiger partial charge in [0.05, 0.1) is 5.01 Å². The molecule has 0 aliphatic heterocycles. The molecule has 5 rings (SSSR count). The Bertz CT molecular complexity index is 453. The molecule has 19 heavy (non-hydrogen) atoms. The summed E-state index contributed by atoms with van der Waals surface area (Å²) >= 11 is 1.76. The molecule has 1 aromatic heterocycles. The normalized spacial score (nSPS) is 45.6. The van der Waals surface area contributed by atoms with Crippen molar-refractivity contribution in [2.24, 2.45) is 28.4 Å². The maximum absolute atomic E-state index is 6.69. The van der Waals surface area contributed by atoms with Crippen molar-refractivity contribution in [2.45, 2.75) is 57.9 Å². The lowest BCUT2D eigenvalue weighted by atomic mass is 9.43. The Morgan fingerprint density at radius 2 is 2.11 bits per heavy atom. The Morgan fingerprint density at radius 1 is 1.37 bits per heavy atom. The first-order chi connectivity index (χ1) is 9.07. The van der Waals surface area contributed by atoms with Crippen molar-refractivity contribution in [2.75, 3.05) is 0 Å². The third-order valence-corrected chi connectivity index (χ3v) is 6.87. The van der Waals surface area contributed by atoms with Crippen molar-refractivity contribution in [1.82, 2.24) is 4.98 Å². The largest absolute Gasteiger partial charge is 0.327 e. The molecule has 4 aliphatic rings. The average molecular weight is 276 g/mol. The van der Waals surface area contributed by atoms with Crippen LogP contribution in [0.2, 0.25) is 0 Å². The number of nitrogens with zero attached hydrogens (tertiary/aromatic N) is 1. The van der Waals surface area contributed by atoms with Crippen LogP contribution in [-0.4, -0.2) is 11.0 Å². The smallest absolute Gasteiger partial charge is 0.0940 e. The fourth-order valence-electron chi connectivity index (χ4n) is 5.99. The number of thiazole rings is 1. The molecule has 0 amide bonds. The van der Waals surface area contributed by atoms with Crippen LogP contribution in [0.3, 0.4) is 0 Å². The molecule has 4 aliphatic carbocycles. The zero-order valence-electron chi connectivity index (χ0n) is 11.8. The summed E-state index contributed by atoms with van der Waals surface area (Å²) in [4.78, 5) is 4.44. The van der Waals surface area contributed by atoms with E-state index in [1.807, 2.05) is 6.20 Å². The number of nitrogens with two attached hydrogens (primary N) is 1. The molecule has 2 N–H and O–H groups in total. The highest BCUT2D eigenvalue weighted by molar-refractivity contribution is 7.09. The minimum atomic E-state index is 0.323. The van der Waals surface area contributed by atoms with Gasteiger partial charge in [-0.3, -0.25) is 0 Å². The lowest BCUT2D eigenvalue weighted by molar-refractivity contribution is -0.112. The van der Waals surface area contributed by atoms with Crippen molar-refractivity contribution >= 4 is 11.3 Å². The van der Waals surface area contributed by atoms with Crippen LogP contribution in [0.25, 0.3) is 0 Å². The van der Waals surface area contributed by atoms with E-state index in [2.05, 4.69) is 17.3 Å². The number of hydrogen-bond acceptors (Lipinski definition) is 3. The molecule has 3 heteroatoms. The second-order valence-corrected chi connectivity index (χ2v) is 8.85. The molecule has 0 radical (unpaired) electrons. The van der Waals surface area contributed by atoms with Crippen molar-refractivity contribution < 1.29 is 0 Å². The predicted molar refractivity (Wildman–Crippen MR) is 79.0 cm³/mol. The highest BCUT2D eigenvalue weighted by atomic mass is 32.1. The van der Waals surface area contributed by atoms with Crippen LogP contribution in [0.5, 0.6) is 0 Å². The van der Waals surface area contributed by atoms with Crippen LogP contribution in [0.4, 0.5) is 0 Å². The van der Waals surface area contributed by atoms with Crippen molar-refractivity contribution in [3.63, 3.8) is 0 Å². The molecule has 0 aromatic carbocycles. The quantitative estimate of drug-likeness (QED) is 0.916. The molecule has 1 aromatic rings. The lowest BCUT2D eigenvalue weighted by Crippen LogP contribution is -2.58. The lowest BCUT2D eigenvalue weighted by Gasteiger charge is -2.63. The first kappa shape index (κ1) is 12.3. The second-order valence-electron chi connectivity index (χ2n) is 7.87. The number of hydrogen-bond donors (Lipinski definition) is 1. The van der Waals surface area contributed by atoms with Gasteiger partial charge in [-0.15, -0.1) is 11.3 Å². The minimum Gasteiger partial charge on any atom is -0.327 e. The van der Waals surface area contributed by atoms with E-state index in [0.29, 0.717) is 16.9 Å². The second kappa shape index (κ2) is 4.05. The summed E-state index contributed by atoms with van der Waals surface area (Å²) in [6.07, 6.45) is 11.5. The van der Waals surface area contributed by atoms with Gasteiger partial charge in [0.15, 0.2) is 0 Å². The molecule has 3 atom stereocenters. The SMILES string of the molecule is CC12CC3CC(C1)CC(C(N)Cc1nccs1)(C3)C2. The van der Waals surface area contributed by atoms with E-state index in [0.717, 1.165) is 18.3 Å². The van der Waals surface area contributed by atoms with Crippen LogP contribution >= 0.6 is 11.3 Å². The Labute approximate surface area is 119 Å². The first-order valence-corrected chi connectivity index (χ1v) is 8.59. The predicted octanol–water partition coefficient (Wildman–Crippen LogP) is 3.62. The topological polar surface area (TPSA) is 38.9 Å². The van der Waals surface area contributed by atoms with Crippen LogP contribution < -0.4 is 5.73 Å². The van der Waals surface area contributed by atoms with Gasteiger partial charge in [-0.2, -0.15) is 0 Å². The van der Waals surface area contributed by atoms with E-state index in [1.165, 1.54) is 43.5 Å². The van der Waals surface area contributed by atoms with Gasteiger partial charge in [0.1, 0.15) is 0 Å². The summed E-state index contributed by atoms with van der Waals surface area (Å²) < 4.78 is 0. The summed E-state index contributed by atoms with van der Waals surface area (Å²) in [6, 6.07) is 0.323. The molecule has 4 saturated carbocycles. The highest BCUT2D eigenvalue weighted by Crippen LogP contribution is 2.66. The summed E-state index contributed by atoms with van der Waals surface area (Å²) in [5, 5.41) is 3.30. The first-order valence-electron chi connectivity index (χ1n) is 7.71. The fourth-order valence-corrected chi connectivity index (χ4v) is 6.67. The van der Waals surface area contributed by atoms with Gasteiger partial charge in [0, 0.05) is 24.0 Å². The van der Waals surface area contributed by atoms with Gasteiger partial charge in [-0.25, -0.2) is 4.98 Å². The van der Waals surface area contributed by atoms with Gasteiger partial charge >= 0.3 is 0 Å². The van der Waals surface area contributed by atoms with Crippen LogP contribution in [0.15, 0.2) is 11.6 Å². The maximum atomic E-state index is 6.69. The van der Waals surface area contributed by atoms with E-state index in [4.69, 9.17) is 5.73 Å². The van der Waals surface area contributed by atoms with Crippen LogP contribution in [0, 0.1) is 22.7 Å². The van der Waals surface area contributed by atoms with Gasteiger partial charge in [-0.05, 0) is 61.2 Å². The Morgan fingerprint density at radius 3 is 2.68 bits per heavy atom. The Kier molecular flexibility index (Phi) is 2.63. The van der Waals surface area contributed by atoms with E-state index >= 15 is 0 Å². The van der Waals surface area contributed by atoms with Gasteiger partial charge in [-0.1, -0.05) is 6.92 Å². The monoisotopic (exact) mass is 276 g/mol. The van der Waals surface area contributed by atoms with Crippen LogP contribution in [-0.2, 0) is 6.42 Å². The summed E-state index contributed by atoms with van der Waals surface area (Å²) in [6.45, 7) is 2.52. The third kappa shape index (κ3) is 1.97. The maximum Gasteiger partial charge on any atom is 0.0940 e. The van der Waals surface area contributed by atoms with Crippen molar-refractivity contribution in [3.05, 3.63) is 16.6 Å². The van der Waals surface area contributed by atoms with Gasteiger partial charge < -0.3 is 5.73 Å². The van der Waals surface area contributed by atoms with Gasteiger partial charge in [0.25, 0.3) is 0 Å². The molecule has 1 heterocycles. The van der Waals surface area contributed by atoms with E-state index in [-0.39, 0.29) is 0 Å². The molecule has 2 nitrogen and oxygen atoms in total. The molecule has 104 valence electrons. The third-order valence-electron chi connectivity index (χ3n) is 6.06. The molecule has 0 spiro atoms. The zero-order valence-corrected chi connectivity index (χ0v) is 12.6.